The normalized spacial score (nSPS) is 11.2. The van der Waals surface area contributed by atoms with Crippen molar-refractivity contribution in [2.45, 2.75) is 4.90 Å². The maximum Gasteiger partial charge on any atom is 0.240 e. The van der Waals surface area contributed by atoms with Crippen molar-refractivity contribution < 1.29 is 22.3 Å². The first kappa shape index (κ1) is 19.7. The quantitative estimate of drug-likeness (QED) is 0.582. The molecule has 28 heavy (non-hydrogen) atoms. The number of sulfonamides is 1. The van der Waals surface area contributed by atoms with Crippen molar-refractivity contribution in [2.24, 2.45) is 0 Å². The van der Waals surface area contributed by atoms with Gasteiger partial charge in [-0.3, -0.25) is 0 Å². The van der Waals surface area contributed by atoms with Crippen molar-refractivity contribution in [3.05, 3.63) is 66.5 Å². The lowest BCUT2D eigenvalue weighted by molar-refractivity contribution is 0.307. The fourth-order valence-electron chi connectivity index (χ4n) is 2.34. The summed E-state index contributed by atoms with van der Waals surface area (Å²) >= 11 is 0. The van der Waals surface area contributed by atoms with E-state index in [-0.39, 0.29) is 23.9 Å². The van der Waals surface area contributed by atoms with Gasteiger partial charge in [-0.1, -0.05) is 0 Å². The van der Waals surface area contributed by atoms with Gasteiger partial charge in [0, 0.05) is 18.2 Å². The molecule has 9 heteroatoms. The van der Waals surface area contributed by atoms with Crippen LogP contribution in [0.25, 0.3) is 11.3 Å². The minimum Gasteiger partial charge on any atom is -0.497 e. The molecule has 1 N–H and O–H groups in total. The largest absolute Gasteiger partial charge is 0.497 e. The summed E-state index contributed by atoms with van der Waals surface area (Å²) < 4.78 is 49.9. The summed E-state index contributed by atoms with van der Waals surface area (Å²) in [5.41, 5.74) is 1.55. The Morgan fingerprint density at radius 1 is 0.964 bits per heavy atom. The number of benzene rings is 2. The Kier molecular flexibility index (Phi) is 6.17. The second-order valence-electron chi connectivity index (χ2n) is 5.69. The molecule has 0 saturated heterocycles. The number of methoxy groups -OCH3 is 1. The predicted octanol–water partition coefficient (Wildman–Crippen LogP) is 2.65. The van der Waals surface area contributed by atoms with Crippen LogP contribution in [0, 0.1) is 5.82 Å². The zero-order chi connectivity index (χ0) is 20.0. The van der Waals surface area contributed by atoms with Gasteiger partial charge < -0.3 is 9.47 Å². The van der Waals surface area contributed by atoms with Crippen LogP contribution >= 0.6 is 0 Å². The van der Waals surface area contributed by atoms with Crippen LogP contribution in [0.15, 0.2) is 65.6 Å². The van der Waals surface area contributed by atoms with Gasteiger partial charge >= 0.3 is 0 Å². The van der Waals surface area contributed by atoms with Crippen LogP contribution in [0.4, 0.5) is 4.39 Å². The molecule has 0 unspecified atom stereocenters. The van der Waals surface area contributed by atoms with Crippen molar-refractivity contribution in [1.82, 2.24) is 14.9 Å². The third kappa shape index (κ3) is 5.02. The van der Waals surface area contributed by atoms with Crippen LogP contribution in [0.1, 0.15) is 0 Å². The zero-order valence-electron chi connectivity index (χ0n) is 15.0. The molecule has 3 rings (SSSR count). The lowest BCUT2D eigenvalue weighted by Gasteiger charge is -2.08. The van der Waals surface area contributed by atoms with E-state index in [4.69, 9.17) is 9.47 Å². The maximum atomic E-state index is 12.9. The molecule has 2 aromatic carbocycles. The third-order valence-corrected chi connectivity index (χ3v) is 5.27. The highest BCUT2D eigenvalue weighted by molar-refractivity contribution is 7.89. The number of halogens is 1. The van der Waals surface area contributed by atoms with Gasteiger partial charge in [0.05, 0.1) is 17.7 Å². The van der Waals surface area contributed by atoms with Crippen molar-refractivity contribution >= 4 is 10.0 Å². The van der Waals surface area contributed by atoms with Crippen LogP contribution in [-0.4, -0.2) is 38.9 Å². The number of rotatable bonds is 8. The Morgan fingerprint density at radius 3 is 2.29 bits per heavy atom. The Hall–Kier alpha value is -3.04. The molecule has 0 atom stereocenters. The van der Waals surface area contributed by atoms with E-state index in [0.29, 0.717) is 5.69 Å². The van der Waals surface area contributed by atoms with Crippen molar-refractivity contribution in [3.8, 4) is 22.9 Å². The van der Waals surface area contributed by atoms with Gasteiger partial charge in [-0.2, -0.15) is 0 Å². The second-order valence-corrected chi connectivity index (χ2v) is 7.45. The number of nitrogens with zero attached hydrogens (tertiary/aromatic N) is 2. The highest BCUT2D eigenvalue weighted by atomic mass is 32.2. The molecular formula is C19H18FN3O4S. The molecule has 3 aromatic rings. The molecule has 0 aliphatic heterocycles. The van der Waals surface area contributed by atoms with Crippen molar-refractivity contribution in [1.29, 1.82) is 0 Å². The van der Waals surface area contributed by atoms with Gasteiger partial charge in [-0.25, -0.2) is 17.5 Å². The Morgan fingerprint density at radius 2 is 1.68 bits per heavy atom. The molecule has 0 fully saturated rings. The molecule has 0 radical (unpaired) electrons. The van der Waals surface area contributed by atoms with Crippen LogP contribution < -0.4 is 14.2 Å². The number of hydrogen-bond acceptors (Lipinski definition) is 6. The monoisotopic (exact) mass is 403 g/mol. The summed E-state index contributed by atoms with van der Waals surface area (Å²) in [7, 11) is -2.13. The number of hydrogen-bond donors (Lipinski definition) is 1. The minimum atomic E-state index is -3.72. The summed E-state index contributed by atoms with van der Waals surface area (Å²) in [6.45, 7) is 0.0958. The average Bonchev–Trinajstić information content (AvgIpc) is 2.72. The Balaban J connectivity index is 1.51. The highest BCUT2D eigenvalue weighted by Crippen LogP contribution is 2.21. The molecule has 146 valence electrons. The van der Waals surface area contributed by atoms with E-state index < -0.39 is 15.8 Å². The third-order valence-electron chi connectivity index (χ3n) is 3.79. The first-order chi connectivity index (χ1) is 13.5. The van der Waals surface area contributed by atoms with Crippen LogP contribution in [-0.2, 0) is 10.0 Å². The van der Waals surface area contributed by atoms with E-state index in [1.54, 1.807) is 19.2 Å². The SMILES string of the molecule is COc1ccc(-c2ccc(OCCNS(=O)(=O)c3ccc(F)cc3)nn2)cc1. The van der Waals surface area contributed by atoms with E-state index in [9.17, 15) is 12.8 Å². The molecule has 7 nitrogen and oxygen atoms in total. The summed E-state index contributed by atoms with van der Waals surface area (Å²) in [6.07, 6.45) is 0. The van der Waals surface area contributed by atoms with Crippen LogP contribution in [0.5, 0.6) is 11.6 Å². The average molecular weight is 403 g/mol. The van der Waals surface area contributed by atoms with Crippen molar-refractivity contribution in [2.75, 3.05) is 20.3 Å². The van der Waals surface area contributed by atoms with Crippen LogP contribution in [0.2, 0.25) is 0 Å². The molecule has 0 amide bonds. The highest BCUT2D eigenvalue weighted by Gasteiger charge is 2.13. The standard InChI is InChI=1S/C19H18FN3O4S/c1-26-16-6-2-14(3-7-16)18-10-11-19(23-22-18)27-13-12-21-28(24,25)17-8-4-15(20)5-9-17/h2-11,21H,12-13H2,1H3. The van der Waals surface area contributed by atoms with Gasteiger partial charge in [-0.05, 0) is 54.6 Å². The topological polar surface area (TPSA) is 90.4 Å². The second kappa shape index (κ2) is 8.77. The molecule has 0 spiro atoms. The van der Waals surface area contributed by atoms with Gasteiger partial charge in [-0.15, -0.1) is 10.2 Å². The maximum absolute atomic E-state index is 12.9. The zero-order valence-corrected chi connectivity index (χ0v) is 15.8. The predicted molar refractivity (Wildman–Crippen MR) is 101 cm³/mol. The smallest absolute Gasteiger partial charge is 0.240 e. The first-order valence-corrected chi connectivity index (χ1v) is 9.82. The number of aromatic nitrogens is 2. The van der Waals surface area contributed by atoms with Gasteiger partial charge in [0.2, 0.25) is 15.9 Å². The van der Waals surface area contributed by atoms with E-state index in [2.05, 4.69) is 14.9 Å². The molecule has 1 heterocycles. The summed E-state index contributed by atoms with van der Waals surface area (Å²) in [5, 5.41) is 8.07. The molecule has 0 saturated carbocycles. The summed E-state index contributed by atoms with van der Waals surface area (Å²) in [4.78, 5) is -0.0162. The van der Waals surface area contributed by atoms with Gasteiger partial charge in [0.1, 0.15) is 18.2 Å². The minimum absolute atomic E-state index is 0.0162. The van der Waals surface area contributed by atoms with E-state index in [0.717, 1.165) is 23.4 Å². The molecule has 0 aliphatic rings. The van der Waals surface area contributed by atoms with Gasteiger partial charge in [0.15, 0.2) is 0 Å². The van der Waals surface area contributed by atoms with Crippen LogP contribution in [0.3, 0.4) is 0 Å². The van der Waals surface area contributed by atoms with E-state index in [1.165, 1.54) is 12.1 Å². The van der Waals surface area contributed by atoms with E-state index >= 15 is 0 Å². The Bertz CT molecular complexity index is 1010. The fraction of sp³-hybridized carbons (Fsp3) is 0.158. The molecule has 1 aromatic heterocycles. The number of nitrogens with one attached hydrogen (secondary N) is 1. The lowest BCUT2D eigenvalue weighted by Crippen LogP contribution is -2.28. The van der Waals surface area contributed by atoms with Crippen molar-refractivity contribution in [3.63, 3.8) is 0 Å². The Labute approximate surface area is 162 Å². The molecule has 0 aliphatic carbocycles. The van der Waals surface area contributed by atoms with Gasteiger partial charge in [0.25, 0.3) is 0 Å². The number of ether oxygens (including phenoxy) is 2. The van der Waals surface area contributed by atoms with E-state index in [1.807, 2.05) is 24.3 Å². The summed E-state index contributed by atoms with van der Waals surface area (Å²) in [6, 6.07) is 15.4. The lowest BCUT2D eigenvalue weighted by atomic mass is 10.1. The molecule has 0 bridgehead atoms. The fourth-order valence-corrected chi connectivity index (χ4v) is 3.35. The first-order valence-electron chi connectivity index (χ1n) is 8.34. The molecular weight excluding hydrogens is 385 g/mol. The summed E-state index contributed by atoms with van der Waals surface area (Å²) in [5.74, 6) is 0.525.